The van der Waals surface area contributed by atoms with Crippen LogP contribution < -0.4 is 0 Å². The monoisotopic (exact) mass is 284 g/mol. The minimum Gasteiger partial charge on any atom is -0.507 e. The second kappa shape index (κ2) is 5.92. The Balaban J connectivity index is 2.31. The number of carboxylic acids is 1. The molecule has 2 aromatic rings. The van der Waals surface area contributed by atoms with Gasteiger partial charge >= 0.3 is 5.97 Å². The molecule has 0 atom stereocenters. The number of carboxylic acid groups (broad SMARTS) is 1. The fourth-order valence-corrected chi connectivity index (χ4v) is 1.76. The van der Waals surface area contributed by atoms with Crippen LogP contribution in [0.4, 0.5) is 0 Å². The number of phenols is 2. The van der Waals surface area contributed by atoms with Crippen molar-refractivity contribution in [3.8, 4) is 11.5 Å². The second-order valence-electron chi connectivity index (χ2n) is 4.30. The van der Waals surface area contributed by atoms with E-state index in [9.17, 15) is 19.8 Å². The zero-order chi connectivity index (χ0) is 15.4. The van der Waals surface area contributed by atoms with Gasteiger partial charge in [-0.25, -0.2) is 4.79 Å². The van der Waals surface area contributed by atoms with E-state index in [4.69, 9.17) is 5.11 Å². The SMILES string of the molecule is O=C(C=Cc1cc(C(=O)O)c(O)cc1O)c1ccccc1. The predicted octanol–water partition coefficient (Wildman–Crippen LogP) is 2.69. The van der Waals surface area contributed by atoms with Gasteiger partial charge in [-0.2, -0.15) is 0 Å². The fraction of sp³-hybridized carbons (Fsp3) is 0. The van der Waals surface area contributed by atoms with E-state index < -0.39 is 11.7 Å². The average molecular weight is 284 g/mol. The quantitative estimate of drug-likeness (QED) is 0.592. The molecule has 0 aliphatic carbocycles. The summed E-state index contributed by atoms with van der Waals surface area (Å²) < 4.78 is 0. The van der Waals surface area contributed by atoms with E-state index in [-0.39, 0.29) is 22.7 Å². The van der Waals surface area contributed by atoms with E-state index in [1.807, 2.05) is 0 Å². The summed E-state index contributed by atoms with van der Waals surface area (Å²) in [5, 5.41) is 28.0. The molecule has 2 rings (SSSR count). The number of aromatic hydroxyl groups is 2. The van der Waals surface area contributed by atoms with Gasteiger partial charge in [0.15, 0.2) is 5.78 Å². The van der Waals surface area contributed by atoms with E-state index in [0.29, 0.717) is 5.56 Å². The smallest absolute Gasteiger partial charge is 0.339 e. The van der Waals surface area contributed by atoms with E-state index >= 15 is 0 Å². The van der Waals surface area contributed by atoms with Crippen molar-refractivity contribution in [1.82, 2.24) is 0 Å². The molecule has 0 aromatic heterocycles. The van der Waals surface area contributed by atoms with Gasteiger partial charge in [0.25, 0.3) is 0 Å². The van der Waals surface area contributed by atoms with Crippen molar-refractivity contribution in [2.45, 2.75) is 0 Å². The van der Waals surface area contributed by atoms with Gasteiger partial charge in [0.1, 0.15) is 17.1 Å². The molecule has 0 fully saturated rings. The number of aromatic carboxylic acids is 1. The topological polar surface area (TPSA) is 94.8 Å². The number of carbonyl (C=O) groups excluding carboxylic acids is 1. The van der Waals surface area contributed by atoms with Crippen molar-refractivity contribution < 1.29 is 24.9 Å². The number of carbonyl (C=O) groups is 2. The maximum atomic E-state index is 11.9. The Morgan fingerprint density at radius 3 is 2.24 bits per heavy atom. The maximum absolute atomic E-state index is 11.9. The molecule has 5 heteroatoms. The zero-order valence-corrected chi connectivity index (χ0v) is 10.9. The molecule has 0 spiro atoms. The summed E-state index contributed by atoms with van der Waals surface area (Å²) in [4.78, 5) is 22.8. The molecule has 0 bridgehead atoms. The third-order valence-corrected chi connectivity index (χ3v) is 2.85. The molecule has 0 aliphatic rings. The van der Waals surface area contributed by atoms with Crippen molar-refractivity contribution >= 4 is 17.8 Å². The molecule has 21 heavy (non-hydrogen) atoms. The van der Waals surface area contributed by atoms with Crippen molar-refractivity contribution in [3.05, 3.63) is 65.2 Å². The van der Waals surface area contributed by atoms with Gasteiger partial charge in [-0.3, -0.25) is 4.79 Å². The summed E-state index contributed by atoms with van der Waals surface area (Å²) in [5.74, 6) is -2.45. The standard InChI is InChI=1S/C16H12O5/c17-13(10-4-2-1-3-5-10)7-6-11-8-12(16(20)21)15(19)9-14(11)18/h1-9,18-19H,(H,20,21). The van der Waals surface area contributed by atoms with E-state index in [0.717, 1.165) is 12.1 Å². The lowest BCUT2D eigenvalue weighted by Gasteiger charge is -2.04. The molecule has 0 radical (unpaired) electrons. The lowest BCUT2D eigenvalue weighted by atomic mass is 10.1. The highest BCUT2D eigenvalue weighted by Gasteiger charge is 2.13. The molecule has 5 nitrogen and oxygen atoms in total. The first-order valence-corrected chi connectivity index (χ1v) is 6.06. The van der Waals surface area contributed by atoms with Gasteiger partial charge in [0, 0.05) is 17.2 Å². The lowest BCUT2D eigenvalue weighted by Crippen LogP contribution is -1.98. The number of hydrogen-bond donors (Lipinski definition) is 3. The Labute approximate surface area is 120 Å². The van der Waals surface area contributed by atoms with Crippen LogP contribution in [0, 0.1) is 0 Å². The number of phenolic OH excluding ortho intramolecular Hbond substituents is 1. The summed E-state index contributed by atoms with van der Waals surface area (Å²) in [6.07, 6.45) is 2.53. The number of hydrogen-bond acceptors (Lipinski definition) is 4. The highest BCUT2D eigenvalue weighted by Crippen LogP contribution is 2.28. The van der Waals surface area contributed by atoms with Crippen LogP contribution in [0.3, 0.4) is 0 Å². The second-order valence-corrected chi connectivity index (χ2v) is 4.30. The van der Waals surface area contributed by atoms with Gasteiger partial charge in [-0.15, -0.1) is 0 Å². The summed E-state index contributed by atoms with van der Waals surface area (Å²) in [6, 6.07) is 10.5. The van der Waals surface area contributed by atoms with Crippen LogP contribution in [-0.2, 0) is 0 Å². The van der Waals surface area contributed by atoms with Crippen LogP contribution in [0.25, 0.3) is 6.08 Å². The van der Waals surface area contributed by atoms with E-state index in [1.165, 1.54) is 12.2 Å². The number of benzene rings is 2. The normalized spacial score (nSPS) is 10.7. The summed E-state index contributed by atoms with van der Waals surface area (Å²) in [6.45, 7) is 0. The predicted molar refractivity (Wildman–Crippen MR) is 76.5 cm³/mol. The summed E-state index contributed by atoms with van der Waals surface area (Å²) in [5.41, 5.74) is 0.263. The molecule has 0 aliphatic heterocycles. The molecule has 106 valence electrons. The molecule has 0 unspecified atom stereocenters. The Hall–Kier alpha value is -3.08. The molecule has 0 saturated carbocycles. The van der Waals surface area contributed by atoms with E-state index in [1.54, 1.807) is 30.3 Å². The van der Waals surface area contributed by atoms with Gasteiger partial charge < -0.3 is 15.3 Å². The largest absolute Gasteiger partial charge is 0.507 e. The Morgan fingerprint density at radius 2 is 1.62 bits per heavy atom. The highest BCUT2D eigenvalue weighted by atomic mass is 16.4. The Bertz CT molecular complexity index is 717. The molecular formula is C16H12O5. The van der Waals surface area contributed by atoms with Crippen LogP contribution in [-0.4, -0.2) is 27.1 Å². The maximum Gasteiger partial charge on any atom is 0.339 e. The zero-order valence-electron chi connectivity index (χ0n) is 10.9. The molecule has 0 heterocycles. The van der Waals surface area contributed by atoms with Crippen molar-refractivity contribution in [1.29, 1.82) is 0 Å². The molecule has 0 saturated heterocycles. The lowest BCUT2D eigenvalue weighted by molar-refractivity contribution is 0.0693. The van der Waals surface area contributed by atoms with Crippen LogP contribution in [0.15, 0.2) is 48.5 Å². The fourth-order valence-electron chi connectivity index (χ4n) is 1.76. The Kier molecular flexibility index (Phi) is 4.04. The van der Waals surface area contributed by atoms with Crippen molar-refractivity contribution in [2.24, 2.45) is 0 Å². The summed E-state index contributed by atoms with van der Waals surface area (Å²) >= 11 is 0. The van der Waals surface area contributed by atoms with Gasteiger partial charge in [-0.1, -0.05) is 30.3 Å². The van der Waals surface area contributed by atoms with Gasteiger partial charge in [0.2, 0.25) is 0 Å². The number of allylic oxidation sites excluding steroid dienone is 1. The van der Waals surface area contributed by atoms with Gasteiger partial charge in [0.05, 0.1) is 0 Å². The molecule has 3 N–H and O–H groups in total. The average Bonchev–Trinajstić information content (AvgIpc) is 2.46. The number of rotatable bonds is 4. The van der Waals surface area contributed by atoms with Gasteiger partial charge in [-0.05, 0) is 18.2 Å². The first-order valence-electron chi connectivity index (χ1n) is 6.06. The van der Waals surface area contributed by atoms with E-state index in [2.05, 4.69) is 0 Å². The van der Waals surface area contributed by atoms with Crippen LogP contribution in [0.5, 0.6) is 11.5 Å². The van der Waals surface area contributed by atoms with Crippen LogP contribution in [0.2, 0.25) is 0 Å². The number of ketones is 1. The van der Waals surface area contributed by atoms with Crippen LogP contribution >= 0.6 is 0 Å². The van der Waals surface area contributed by atoms with Crippen LogP contribution in [0.1, 0.15) is 26.3 Å². The van der Waals surface area contributed by atoms with Crippen molar-refractivity contribution in [2.75, 3.05) is 0 Å². The highest BCUT2D eigenvalue weighted by molar-refractivity contribution is 6.07. The third-order valence-electron chi connectivity index (χ3n) is 2.85. The first-order chi connectivity index (χ1) is 9.99. The Morgan fingerprint density at radius 1 is 0.952 bits per heavy atom. The van der Waals surface area contributed by atoms with Crippen molar-refractivity contribution in [3.63, 3.8) is 0 Å². The molecule has 2 aromatic carbocycles. The minimum absolute atomic E-state index is 0.134. The molecule has 0 amide bonds. The first kappa shape index (κ1) is 14.3. The summed E-state index contributed by atoms with van der Waals surface area (Å²) in [7, 11) is 0. The minimum atomic E-state index is -1.32. The third kappa shape index (κ3) is 3.27. The molecular weight excluding hydrogens is 272 g/mol.